The number of aliphatic hydroxyl groups excluding tert-OH is 2. The predicted octanol–water partition coefficient (Wildman–Crippen LogP) is 4.41. The molecule has 0 rings (SSSR count). The maximum Gasteiger partial charge on any atom is 0.322 e. The summed E-state index contributed by atoms with van der Waals surface area (Å²) in [7, 11) is -4.13. The summed E-state index contributed by atoms with van der Waals surface area (Å²) in [6.45, 7) is 1.55. The molecule has 174 valence electrons. The summed E-state index contributed by atoms with van der Waals surface area (Å²) in [4.78, 5) is 11.5. The van der Waals surface area contributed by atoms with Gasteiger partial charge in [-0.3, -0.25) is 4.79 Å². The Hall–Kier alpha value is -0.960. The van der Waals surface area contributed by atoms with Crippen LogP contribution < -0.4 is 6.15 Å². The third kappa shape index (κ3) is 21.6. The Bertz CT molecular complexity index is 507. The molecule has 0 saturated carbocycles. The van der Waals surface area contributed by atoms with E-state index in [0.29, 0.717) is 6.42 Å². The van der Waals surface area contributed by atoms with Crippen molar-refractivity contribution in [3.05, 3.63) is 12.2 Å². The molecule has 0 aromatic rings. The molecule has 1 unspecified atom stereocenters. The minimum absolute atomic E-state index is 0. The Kier molecular flexibility index (Phi) is 21.2. The van der Waals surface area contributed by atoms with E-state index in [1.807, 2.05) is 0 Å². The third-order valence-electron chi connectivity index (χ3n) is 4.47. The lowest BCUT2D eigenvalue weighted by molar-refractivity contribution is -0.134. The lowest BCUT2D eigenvalue weighted by Crippen LogP contribution is -2.27. The Morgan fingerprint density at radius 2 is 1.38 bits per heavy atom. The standard InChI is InChI=1S/C21H40O6S.H3N/c1-2-3-4-5-6-7-8-9-10-11-12-13-14-15-16-17-21(24)27-28(25,26)19-20(23)18-22;/h9-10,20,22-23H,2-8,11-19H2,1H3;1H3. The van der Waals surface area contributed by atoms with Gasteiger partial charge in [0.15, 0.2) is 0 Å². The Morgan fingerprint density at radius 1 is 0.897 bits per heavy atom. The first kappa shape index (κ1) is 30.2. The van der Waals surface area contributed by atoms with Crippen molar-refractivity contribution < 1.29 is 27.6 Å². The number of carbonyl (C=O) groups is 1. The monoisotopic (exact) mass is 437 g/mol. The van der Waals surface area contributed by atoms with Crippen molar-refractivity contribution >= 4 is 16.1 Å². The quantitative estimate of drug-likeness (QED) is 0.155. The van der Waals surface area contributed by atoms with E-state index in [1.54, 1.807) is 0 Å². The summed E-state index contributed by atoms with van der Waals surface area (Å²) in [5, 5.41) is 17.7. The molecule has 7 nitrogen and oxygen atoms in total. The van der Waals surface area contributed by atoms with Crippen LogP contribution in [0.4, 0.5) is 0 Å². The minimum atomic E-state index is -4.13. The lowest BCUT2D eigenvalue weighted by Gasteiger charge is -2.08. The molecule has 0 heterocycles. The SMILES string of the molecule is CCCCCCCCC=CCCCCCCCC(=O)OS(=O)(=O)CC(O)CO.N. The smallest absolute Gasteiger partial charge is 0.322 e. The summed E-state index contributed by atoms with van der Waals surface area (Å²) >= 11 is 0. The van der Waals surface area contributed by atoms with Gasteiger partial charge in [-0.2, -0.15) is 8.42 Å². The Balaban J connectivity index is 0. The molecule has 0 aromatic heterocycles. The van der Waals surface area contributed by atoms with Gasteiger partial charge < -0.3 is 20.5 Å². The van der Waals surface area contributed by atoms with E-state index in [0.717, 1.165) is 32.1 Å². The summed E-state index contributed by atoms with van der Waals surface area (Å²) in [5.74, 6) is -1.58. The van der Waals surface area contributed by atoms with Crippen LogP contribution in [-0.2, 0) is 19.1 Å². The molecule has 0 radical (unpaired) electrons. The van der Waals surface area contributed by atoms with Gasteiger partial charge in [-0.25, -0.2) is 0 Å². The van der Waals surface area contributed by atoms with Crippen LogP contribution in [-0.4, -0.2) is 43.1 Å². The molecule has 0 aliphatic rings. The lowest BCUT2D eigenvalue weighted by atomic mass is 10.1. The molecule has 1 atom stereocenters. The number of allylic oxidation sites excluding steroid dienone is 2. The van der Waals surface area contributed by atoms with Crippen molar-refractivity contribution in [3.8, 4) is 0 Å². The van der Waals surface area contributed by atoms with E-state index in [9.17, 15) is 13.2 Å². The first-order chi connectivity index (χ1) is 13.4. The van der Waals surface area contributed by atoms with Crippen molar-refractivity contribution in [1.29, 1.82) is 0 Å². The zero-order valence-corrected chi connectivity index (χ0v) is 19.0. The van der Waals surface area contributed by atoms with Crippen LogP contribution in [0.5, 0.6) is 0 Å². The molecular weight excluding hydrogens is 394 g/mol. The zero-order valence-electron chi connectivity index (χ0n) is 18.2. The molecule has 8 heteroatoms. The highest BCUT2D eigenvalue weighted by atomic mass is 32.2. The van der Waals surface area contributed by atoms with Gasteiger partial charge in [-0.15, -0.1) is 0 Å². The zero-order chi connectivity index (χ0) is 21.1. The Morgan fingerprint density at radius 3 is 1.90 bits per heavy atom. The summed E-state index contributed by atoms with van der Waals surface area (Å²) in [6, 6.07) is 0. The summed E-state index contributed by atoms with van der Waals surface area (Å²) < 4.78 is 27.3. The number of carbonyl (C=O) groups excluding carboxylic acids is 1. The van der Waals surface area contributed by atoms with Crippen LogP contribution in [0.1, 0.15) is 96.8 Å². The van der Waals surface area contributed by atoms with E-state index in [4.69, 9.17) is 10.2 Å². The second-order valence-corrected chi connectivity index (χ2v) is 8.97. The van der Waals surface area contributed by atoms with Crippen LogP contribution in [0.3, 0.4) is 0 Å². The molecule has 0 amide bonds. The molecule has 0 fully saturated rings. The molecular formula is C21H43NO6S. The predicted molar refractivity (Wildman–Crippen MR) is 117 cm³/mol. The third-order valence-corrected chi connectivity index (χ3v) is 5.70. The molecule has 29 heavy (non-hydrogen) atoms. The van der Waals surface area contributed by atoms with Crippen LogP contribution in [0, 0.1) is 0 Å². The van der Waals surface area contributed by atoms with Crippen LogP contribution in [0.2, 0.25) is 0 Å². The maximum absolute atomic E-state index is 11.5. The molecule has 0 bridgehead atoms. The number of unbranched alkanes of at least 4 members (excludes halogenated alkanes) is 11. The van der Waals surface area contributed by atoms with Crippen molar-refractivity contribution in [2.45, 2.75) is 103 Å². The molecule has 0 aromatic carbocycles. The number of rotatable bonds is 19. The second-order valence-electron chi connectivity index (χ2n) is 7.35. The normalized spacial score (nSPS) is 12.7. The van der Waals surface area contributed by atoms with Crippen LogP contribution in [0.25, 0.3) is 0 Å². The highest BCUT2D eigenvalue weighted by Gasteiger charge is 2.21. The van der Waals surface area contributed by atoms with Gasteiger partial charge in [0.25, 0.3) is 0 Å². The fourth-order valence-corrected chi connectivity index (χ4v) is 3.86. The fourth-order valence-electron chi connectivity index (χ4n) is 2.85. The first-order valence-electron chi connectivity index (χ1n) is 10.8. The van der Waals surface area contributed by atoms with Gasteiger partial charge in [-0.05, 0) is 32.1 Å². The average molecular weight is 438 g/mol. The van der Waals surface area contributed by atoms with Crippen molar-refractivity contribution in [2.24, 2.45) is 0 Å². The molecule has 0 saturated heterocycles. The fraction of sp³-hybridized carbons (Fsp3) is 0.857. The van der Waals surface area contributed by atoms with Gasteiger partial charge >= 0.3 is 16.1 Å². The Labute approximate surface area is 177 Å². The topological polar surface area (TPSA) is 136 Å². The number of aliphatic hydroxyl groups is 2. The van der Waals surface area contributed by atoms with Gasteiger partial charge in [-0.1, -0.05) is 70.4 Å². The number of hydrogen-bond acceptors (Lipinski definition) is 7. The molecule has 0 aliphatic carbocycles. The minimum Gasteiger partial charge on any atom is -0.394 e. The van der Waals surface area contributed by atoms with E-state index in [-0.39, 0.29) is 12.6 Å². The van der Waals surface area contributed by atoms with Gasteiger partial charge in [0.05, 0.1) is 12.7 Å². The maximum atomic E-state index is 11.5. The van der Waals surface area contributed by atoms with Crippen LogP contribution in [0.15, 0.2) is 12.2 Å². The summed E-state index contributed by atoms with van der Waals surface area (Å²) in [6.07, 6.45) is 18.1. The van der Waals surface area contributed by atoms with Crippen molar-refractivity contribution in [1.82, 2.24) is 6.15 Å². The largest absolute Gasteiger partial charge is 0.394 e. The van der Waals surface area contributed by atoms with Gasteiger partial charge in [0, 0.05) is 6.42 Å². The van der Waals surface area contributed by atoms with Crippen LogP contribution >= 0.6 is 0 Å². The van der Waals surface area contributed by atoms with Gasteiger partial charge in [0.2, 0.25) is 0 Å². The second kappa shape index (κ2) is 20.3. The average Bonchev–Trinajstić information content (AvgIpc) is 2.63. The van der Waals surface area contributed by atoms with Crippen molar-refractivity contribution in [2.75, 3.05) is 12.4 Å². The number of hydrogen-bond donors (Lipinski definition) is 3. The van der Waals surface area contributed by atoms with Crippen molar-refractivity contribution in [3.63, 3.8) is 0 Å². The molecule has 0 aliphatic heterocycles. The van der Waals surface area contributed by atoms with E-state index in [2.05, 4.69) is 23.3 Å². The first-order valence-corrected chi connectivity index (χ1v) is 12.4. The van der Waals surface area contributed by atoms with E-state index in [1.165, 1.54) is 44.9 Å². The highest BCUT2D eigenvalue weighted by molar-refractivity contribution is 7.87. The summed E-state index contributed by atoms with van der Waals surface area (Å²) in [5.41, 5.74) is 0. The van der Waals surface area contributed by atoms with E-state index < -0.39 is 34.6 Å². The molecule has 0 spiro atoms. The molecule has 5 N–H and O–H groups in total. The van der Waals surface area contributed by atoms with E-state index >= 15 is 0 Å². The highest BCUT2D eigenvalue weighted by Crippen LogP contribution is 2.11. The van der Waals surface area contributed by atoms with Gasteiger partial charge in [0.1, 0.15) is 5.75 Å².